The van der Waals surface area contributed by atoms with Crippen molar-refractivity contribution >= 4 is 23.2 Å². The molecule has 0 spiro atoms. The summed E-state index contributed by atoms with van der Waals surface area (Å²) in [6.45, 7) is 6.48. The minimum absolute atomic E-state index is 0.00457. The fraction of sp³-hybridized carbons (Fsp3) is 0.579. The zero-order valence-corrected chi connectivity index (χ0v) is 16.6. The van der Waals surface area contributed by atoms with Crippen molar-refractivity contribution in [2.75, 3.05) is 13.1 Å². The highest BCUT2D eigenvalue weighted by atomic mass is 32.1. The molecule has 2 atom stereocenters. The molecule has 5 rings (SSSR count). The molecular formula is C19H25N5O2S. The number of aryl methyl sites for hydroxylation is 1. The van der Waals surface area contributed by atoms with Crippen molar-refractivity contribution in [1.29, 1.82) is 0 Å². The molecule has 3 aliphatic heterocycles. The normalized spacial score (nSPS) is 22.4. The van der Waals surface area contributed by atoms with Crippen LogP contribution in [0.2, 0.25) is 0 Å². The number of carbonyl (C=O) groups excluding carboxylic acids is 2. The summed E-state index contributed by atoms with van der Waals surface area (Å²) < 4.78 is 1.89. The molecule has 7 nitrogen and oxygen atoms in total. The number of thiazole rings is 1. The van der Waals surface area contributed by atoms with Crippen LogP contribution < -0.4 is 0 Å². The fourth-order valence-corrected chi connectivity index (χ4v) is 4.72. The Morgan fingerprint density at radius 2 is 2.19 bits per heavy atom. The summed E-state index contributed by atoms with van der Waals surface area (Å²) in [7, 11) is 0. The highest BCUT2D eigenvalue weighted by molar-refractivity contribution is 7.07. The van der Waals surface area contributed by atoms with E-state index in [0.29, 0.717) is 25.2 Å². The van der Waals surface area contributed by atoms with Crippen molar-refractivity contribution in [3.05, 3.63) is 34.0 Å². The first-order valence-corrected chi connectivity index (χ1v) is 10.5. The Morgan fingerprint density at radius 3 is 2.93 bits per heavy atom. The molecule has 0 aromatic carbocycles. The van der Waals surface area contributed by atoms with E-state index < -0.39 is 0 Å². The Morgan fingerprint density at radius 1 is 1.33 bits per heavy atom. The third-order valence-corrected chi connectivity index (χ3v) is 6.30. The summed E-state index contributed by atoms with van der Waals surface area (Å²) in [4.78, 5) is 34.2. The monoisotopic (exact) mass is 387 g/mol. The standard InChI is InChI=1S/C19H25N5O2S/c1-3-6-24-13(2)17(7-21-24)19(26)22-8-14-4-5-16(10-22)23(18(14)25)9-15-11-27-12-20-15/h7,11-12,14,16H,3-6,8-10H2,1-2H3/t14-,16+/m1/s1. The SMILES string of the molecule is CCCn1ncc(C(=O)N2C[C@H]3CC[C@@H](C2)N(Cc2cscn2)C3=O)c1C. The van der Waals surface area contributed by atoms with E-state index in [2.05, 4.69) is 17.0 Å². The van der Waals surface area contributed by atoms with Gasteiger partial charge in [0.15, 0.2) is 0 Å². The van der Waals surface area contributed by atoms with Crippen LogP contribution in [-0.2, 0) is 17.9 Å². The molecule has 3 aliphatic rings. The highest BCUT2D eigenvalue weighted by Crippen LogP contribution is 2.31. The van der Waals surface area contributed by atoms with Crippen LogP contribution in [0.3, 0.4) is 0 Å². The van der Waals surface area contributed by atoms with Gasteiger partial charge in [0.25, 0.3) is 5.91 Å². The van der Waals surface area contributed by atoms with Crippen molar-refractivity contribution < 1.29 is 9.59 Å². The molecule has 2 aromatic heterocycles. The molecular weight excluding hydrogens is 362 g/mol. The third kappa shape index (κ3) is 3.38. The van der Waals surface area contributed by atoms with Crippen LogP contribution in [0.1, 0.15) is 47.9 Å². The quantitative estimate of drug-likeness (QED) is 0.789. The average molecular weight is 388 g/mol. The molecule has 0 saturated carbocycles. The lowest BCUT2D eigenvalue weighted by Gasteiger charge is -2.35. The molecule has 3 saturated heterocycles. The van der Waals surface area contributed by atoms with E-state index in [1.54, 1.807) is 23.0 Å². The van der Waals surface area contributed by atoms with E-state index in [-0.39, 0.29) is 23.8 Å². The van der Waals surface area contributed by atoms with Gasteiger partial charge in [-0.05, 0) is 26.2 Å². The van der Waals surface area contributed by atoms with E-state index in [9.17, 15) is 9.59 Å². The van der Waals surface area contributed by atoms with Gasteiger partial charge in [-0.15, -0.1) is 11.3 Å². The molecule has 27 heavy (non-hydrogen) atoms. The van der Waals surface area contributed by atoms with Crippen LogP contribution >= 0.6 is 11.3 Å². The molecule has 8 heteroatoms. The fourth-order valence-electron chi connectivity index (χ4n) is 4.17. The second kappa shape index (κ2) is 7.42. The zero-order chi connectivity index (χ0) is 19.0. The summed E-state index contributed by atoms with van der Waals surface area (Å²) in [6, 6.07) is 0.0629. The van der Waals surface area contributed by atoms with Gasteiger partial charge in [0, 0.05) is 36.8 Å². The highest BCUT2D eigenvalue weighted by Gasteiger charge is 2.42. The number of hydrogen-bond acceptors (Lipinski definition) is 5. The van der Waals surface area contributed by atoms with E-state index in [4.69, 9.17) is 0 Å². The van der Waals surface area contributed by atoms with Crippen LogP contribution in [0.4, 0.5) is 0 Å². The molecule has 0 radical (unpaired) electrons. The van der Waals surface area contributed by atoms with Crippen LogP contribution in [0.25, 0.3) is 0 Å². The summed E-state index contributed by atoms with van der Waals surface area (Å²) in [6.07, 6.45) is 4.45. The van der Waals surface area contributed by atoms with Crippen molar-refractivity contribution in [3.63, 3.8) is 0 Å². The van der Waals surface area contributed by atoms with Crippen molar-refractivity contribution in [1.82, 2.24) is 24.6 Å². The number of amides is 2. The van der Waals surface area contributed by atoms with E-state index in [1.807, 2.05) is 26.8 Å². The minimum Gasteiger partial charge on any atom is -0.336 e. The Labute approximate surface area is 163 Å². The van der Waals surface area contributed by atoms with Gasteiger partial charge >= 0.3 is 0 Å². The predicted molar refractivity (Wildman–Crippen MR) is 102 cm³/mol. The Bertz CT molecular complexity index is 831. The first-order chi connectivity index (χ1) is 13.1. The van der Waals surface area contributed by atoms with Gasteiger partial charge in [0.05, 0.1) is 35.4 Å². The van der Waals surface area contributed by atoms with Crippen LogP contribution in [0.5, 0.6) is 0 Å². The first kappa shape index (κ1) is 18.2. The van der Waals surface area contributed by atoms with Crippen molar-refractivity contribution in [3.8, 4) is 0 Å². The van der Waals surface area contributed by atoms with Crippen LogP contribution in [-0.4, -0.2) is 55.5 Å². The Hall–Kier alpha value is -2.22. The summed E-state index contributed by atoms with van der Waals surface area (Å²) >= 11 is 1.54. The lowest BCUT2D eigenvalue weighted by Crippen LogP contribution is -2.47. The van der Waals surface area contributed by atoms with E-state index in [0.717, 1.165) is 37.2 Å². The molecule has 2 aromatic rings. The van der Waals surface area contributed by atoms with Crippen molar-refractivity contribution in [2.45, 2.75) is 52.2 Å². The van der Waals surface area contributed by atoms with E-state index in [1.165, 1.54) is 0 Å². The molecule has 2 amide bonds. The van der Waals surface area contributed by atoms with Gasteiger partial charge in [-0.3, -0.25) is 14.3 Å². The molecule has 0 N–H and O–H groups in total. The number of piperidine rings is 1. The predicted octanol–water partition coefficient (Wildman–Crippen LogP) is 2.32. The van der Waals surface area contributed by atoms with Gasteiger partial charge in [-0.25, -0.2) is 4.98 Å². The second-order valence-corrected chi connectivity index (χ2v) is 8.17. The molecule has 0 unspecified atom stereocenters. The van der Waals surface area contributed by atoms with Crippen LogP contribution in [0.15, 0.2) is 17.1 Å². The maximum atomic E-state index is 13.2. The number of carbonyl (C=O) groups is 2. The summed E-state index contributed by atoms with van der Waals surface area (Å²) in [5.41, 5.74) is 4.28. The lowest BCUT2D eigenvalue weighted by atomic mass is 9.94. The summed E-state index contributed by atoms with van der Waals surface area (Å²) in [5.74, 6) is 0.0420. The van der Waals surface area contributed by atoms with Gasteiger partial charge in [0.2, 0.25) is 5.91 Å². The molecule has 3 fully saturated rings. The number of hydrogen-bond donors (Lipinski definition) is 0. The molecule has 5 heterocycles. The number of aromatic nitrogens is 3. The van der Waals surface area contributed by atoms with Crippen LogP contribution in [0, 0.1) is 12.8 Å². The number of rotatable bonds is 5. The first-order valence-electron chi connectivity index (χ1n) is 9.57. The molecule has 0 aliphatic carbocycles. The van der Waals surface area contributed by atoms with Crippen molar-refractivity contribution in [2.24, 2.45) is 5.92 Å². The molecule has 2 bridgehead atoms. The average Bonchev–Trinajstić information content (AvgIpc) is 3.20. The number of nitrogens with zero attached hydrogens (tertiary/aromatic N) is 5. The second-order valence-electron chi connectivity index (χ2n) is 7.45. The van der Waals surface area contributed by atoms with Gasteiger partial charge in [-0.1, -0.05) is 6.92 Å². The Kier molecular flexibility index (Phi) is 4.99. The summed E-state index contributed by atoms with van der Waals surface area (Å²) in [5, 5.41) is 6.35. The smallest absolute Gasteiger partial charge is 0.257 e. The third-order valence-electron chi connectivity index (χ3n) is 5.67. The lowest BCUT2D eigenvalue weighted by molar-refractivity contribution is -0.140. The van der Waals surface area contributed by atoms with Gasteiger partial charge in [0.1, 0.15) is 0 Å². The maximum Gasteiger partial charge on any atom is 0.257 e. The topological polar surface area (TPSA) is 71.3 Å². The Balaban J connectivity index is 1.54. The number of fused-ring (bicyclic) bond motifs is 4. The zero-order valence-electron chi connectivity index (χ0n) is 15.8. The minimum atomic E-state index is -0.114. The largest absolute Gasteiger partial charge is 0.336 e. The van der Waals surface area contributed by atoms with Gasteiger partial charge in [-0.2, -0.15) is 5.10 Å². The molecule has 144 valence electrons. The maximum absolute atomic E-state index is 13.2. The van der Waals surface area contributed by atoms with E-state index >= 15 is 0 Å². The van der Waals surface area contributed by atoms with Gasteiger partial charge < -0.3 is 9.80 Å².